The molecule has 0 spiro atoms. The average Bonchev–Trinajstić information content (AvgIpc) is 2.47. The number of H-pyrrole nitrogens is 1. The average molecular weight is 290 g/mol. The Labute approximate surface area is 116 Å². The van der Waals surface area contributed by atoms with Crippen molar-refractivity contribution in [2.45, 2.75) is 9.79 Å². The van der Waals surface area contributed by atoms with Crippen LogP contribution in [0.2, 0.25) is 0 Å². The van der Waals surface area contributed by atoms with Crippen LogP contribution in [0, 0.1) is 11.3 Å². The maximum atomic E-state index is 12.5. The molecule has 0 atom stereocenters. The molecule has 7 heteroatoms. The van der Waals surface area contributed by atoms with Crippen LogP contribution in [0.15, 0.2) is 46.2 Å². The van der Waals surface area contributed by atoms with Gasteiger partial charge in [0.25, 0.3) is 11.7 Å². The van der Waals surface area contributed by atoms with E-state index in [1.54, 1.807) is 18.2 Å². The number of ether oxygens (including phenoxy) is 1. The van der Waals surface area contributed by atoms with E-state index in [2.05, 4.69) is 4.98 Å². The molecule has 1 aromatic carbocycles. The minimum absolute atomic E-state index is 0.0659. The summed E-state index contributed by atoms with van der Waals surface area (Å²) in [6.07, 6.45) is 0. The highest BCUT2D eigenvalue weighted by Gasteiger charge is 2.26. The van der Waals surface area contributed by atoms with E-state index in [1.165, 1.54) is 25.3 Å². The maximum absolute atomic E-state index is 12.5. The summed E-state index contributed by atoms with van der Waals surface area (Å²) in [5.74, 6) is 0.0433. The lowest BCUT2D eigenvalue weighted by Crippen LogP contribution is -2.20. The van der Waals surface area contributed by atoms with E-state index in [9.17, 15) is 8.42 Å². The Morgan fingerprint density at radius 1 is 1.30 bits per heavy atom. The first kappa shape index (κ1) is 13.8. The van der Waals surface area contributed by atoms with Gasteiger partial charge in [-0.25, -0.2) is 13.4 Å². The van der Waals surface area contributed by atoms with Crippen molar-refractivity contribution < 1.29 is 18.1 Å². The number of anilines is 1. The molecule has 2 aromatic rings. The highest BCUT2D eigenvalue weighted by Crippen LogP contribution is 2.26. The molecule has 0 aliphatic heterocycles. The van der Waals surface area contributed by atoms with Gasteiger partial charge in [0.05, 0.1) is 12.0 Å². The molecule has 3 N–H and O–H groups in total. The first-order valence-corrected chi connectivity index (χ1v) is 7.09. The SMILES string of the molecule is COc1[nH+]c(N)c(S(=O)(=O)c2ccccc2)cc1C#N. The van der Waals surface area contributed by atoms with Crippen molar-refractivity contribution in [2.75, 3.05) is 12.8 Å². The molecular weight excluding hydrogens is 278 g/mol. The molecular formula is C13H12N3O3S+. The predicted octanol–water partition coefficient (Wildman–Crippen LogP) is 0.796. The lowest BCUT2D eigenvalue weighted by Gasteiger charge is -2.06. The number of nitriles is 1. The third-order valence-electron chi connectivity index (χ3n) is 2.70. The molecule has 2 rings (SSSR count). The van der Waals surface area contributed by atoms with Crippen molar-refractivity contribution in [3.63, 3.8) is 0 Å². The van der Waals surface area contributed by atoms with E-state index in [0.717, 1.165) is 0 Å². The minimum Gasteiger partial charge on any atom is -0.465 e. The number of methoxy groups -OCH3 is 1. The van der Waals surface area contributed by atoms with Gasteiger partial charge in [-0.1, -0.05) is 18.2 Å². The van der Waals surface area contributed by atoms with Gasteiger partial charge in [-0.2, -0.15) is 5.26 Å². The van der Waals surface area contributed by atoms with Gasteiger partial charge in [0, 0.05) is 0 Å². The lowest BCUT2D eigenvalue weighted by molar-refractivity contribution is -0.378. The summed E-state index contributed by atoms with van der Waals surface area (Å²) in [6, 6.07) is 10.9. The van der Waals surface area contributed by atoms with Gasteiger partial charge in [0.2, 0.25) is 9.84 Å². The zero-order valence-corrected chi connectivity index (χ0v) is 11.4. The Bertz CT molecular complexity index is 780. The summed E-state index contributed by atoms with van der Waals surface area (Å²) >= 11 is 0. The van der Waals surface area contributed by atoms with Crippen LogP contribution in [0.3, 0.4) is 0 Å². The van der Waals surface area contributed by atoms with Crippen molar-refractivity contribution >= 4 is 15.7 Å². The summed E-state index contributed by atoms with van der Waals surface area (Å²) in [6.45, 7) is 0. The maximum Gasteiger partial charge on any atom is 0.300 e. The number of hydrogen-bond acceptors (Lipinski definition) is 5. The summed E-state index contributed by atoms with van der Waals surface area (Å²) < 4.78 is 29.9. The minimum atomic E-state index is -3.79. The van der Waals surface area contributed by atoms with Crippen LogP contribution < -0.4 is 15.5 Å². The standard InChI is InChI=1S/C13H11N3O3S/c1-19-13-9(8-14)7-11(12(15)16-13)20(17,18)10-5-3-2-4-6-10/h2-7H,1H3,(H2,15,16)/p+1. The van der Waals surface area contributed by atoms with Crippen LogP contribution in [0.1, 0.15) is 5.56 Å². The van der Waals surface area contributed by atoms with E-state index in [1.807, 2.05) is 6.07 Å². The number of sulfone groups is 1. The highest BCUT2D eigenvalue weighted by atomic mass is 32.2. The first-order chi connectivity index (χ1) is 9.50. The van der Waals surface area contributed by atoms with Gasteiger partial charge in [0.15, 0.2) is 4.90 Å². The Balaban J connectivity index is 2.68. The first-order valence-electron chi connectivity index (χ1n) is 5.60. The molecule has 0 radical (unpaired) electrons. The zero-order chi connectivity index (χ0) is 14.8. The number of benzene rings is 1. The Morgan fingerprint density at radius 2 is 1.95 bits per heavy atom. The van der Waals surface area contributed by atoms with Crippen molar-refractivity contribution in [1.29, 1.82) is 5.26 Å². The molecule has 102 valence electrons. The molecule has 0 aliphatic carbocycles. The summed E-state index contributed by atoms with van der Waals surface area (Å²) in [5, 5.41) is 9.02. The van der Waals surface area contributed by atoms with Crippen molar-refractivity contribution in [1.82, 2.24) is 0 Å². The van der Waals surface area contributed by atoms with Gasteiger partial charge in [0.1, 0.15) is 11.6 Å². The molecule has 0 amide bonds. The number of rotatable bonds is 3. The number of nitrogens with one attached hydrogen (secondary N) is 1. The van der Waals surface area contributed by atoms with Gasteiger partial charge < -0.3 is 4.74 Å². The zero-order valence-electron chi connectivity index (χ0n) is 10.6. The third-order valence-corrected chi connectivity index (χ3v) is 4.51. The largest absolute Gasteiger partial charge is 0.465 e. The molecule has 0 aliphatic rings. The van der Waals surface area contributed by atoms with Crippen LogP contribution in [0.25, 0.3) is 0 Å². The van der Waals surface area contributed by atoms with Gasteiger partial charge in [-0.3, -0.25) is 5.73 Å². The van der Waals surface area contributed by atoms with Crippen LogP contribution in [0.4, 0.5) is 5.82 Å². The van der Waals surface area contributed by atoms with Crippen molar-refractivity contribution in [2.24, 2.45) is 0 Å². The van der Waals surface area contributed by atoms with Crippen LogP contribution in [-0.4, -0.2) is 15.5 Å². The van der Waals surface area contributed by atoms with Gasteiger partial charge in [-0.05, 0) is 18.2 Å². The monoisotopic (exact) mass is 290 g/mol. The molecule has 0 saturated carbocycles. The van der Waals surface area contributed by atoms with E-state index in [4.69, 9.17) is 15.7 Å². The lowest BCUT2D eigenvalue weighted by atomic mass is 10.3. The molecule has 0 unspecified atom stereocenters. The van der Waals surface area contributed by atoms with Crippen LogP contribution in [-0.2, 0) is 9.84 Å². The number of pyridine rings is 1. The normalized spacial score (nSPS) is 10.8. The Hall–Kier alpha value is -2.59. The summed E-state index contributed by atoms with van der Waals surface area (Å²) in [4.78, 5) is 2.53. The molecule has 0 saturated heterocycles. The van der Waals surface area contributed by atoms with Crippen molar-refractivity contribution in [3.05, 3.63) is 42.0 Å². The molecule has 20 heavy (non-hydrogen) atoms. The molecule has 1 heterocycles. The number of hydrogen-bond donors (Lipinski definition) is 1. The topological polar surface area (TPSA) is 107 Å². The van der Waals surface area contributed by atoms with Crippen LogP contribution in [0.5, 0.6) is 5.88 Å². The van der Waals surface area contributed by atoms with E-state index in [0.29, 0.717) is 0 Å². The fourth-order valence-corrected chi connectivity index (χ4v) is 3.10. The number of nitrogens with two attached hydrogens (primary N) is 1. The quantitative estimate of drug-likeness (QED) is 0.899. The number of nitrogen functional groups attached to an aromatic ring is 1. The smallest absolute Gasteiger partial charge is 0.300 e. The second kappa shape index (κ2) is 5.19. The number of aromatic amines is 1. The number of aromatic nitrogens is 1. The van der Waals surface area contributed by atoms with Crippen LogP contribution >= 0.6 is 0 Å². The fraction of sp³-hybridized carbons (Fsp3) is 0.0769. The van der Waals surface area contributed by atoms with Gasteiger partial charge >= 0.3 is 0 Å². The van der Waals surface area contributed by atoms with Gasteiger partial charge in [-0.15, -0.1) is 0 Å². The van der Waals surface area contributed by atoms with E-state index >= 15 is 0 Å². The Morgan fingerprint density at radius 3 is 2.50 bits per heavy atom. The fourth-order valence-electron chi connectivity index (χ4n) is 1.72. The third kappa shape index (κ3) is 2.29. The second-order valence-electron chi connectivity index (χ2n) is 3.92. The predicted molar refractivity (Wildman–Crippen MR) is 70.6 cm³/mol. The summed E-state index contributed by atoms with van der Waals surface area (Å²) in [7, 11) is -2.43. The van der Waals surface area contributed by atoms with Crippen molar-refractivity contribution in [3.8, 4) is 11.9 Å². The highest BCUT2D eigenvalue weighted by molar-refractivity contribution is 7.91. The molecule has 6 nitrogen and oxygen atoms in total. The molecule has 0 fully saturated rings. The van der Waals surface area contributed by atoms with E-state index in [-0.39, 0.29) is 27.1 Å². The summed E-state index contributed by atoms with van der Waals surface area (Å²) in [5.41, 5.74) is 5.79. The Kier molecular flexibility index (Phi) is 3.59. The van der Waals surface area contributed by atoms with E-state index < -0.39 is 9.84 Å². The number of nitrogens with zero attached hydrogens (tertiary/aromatic N) is 1. The molecule has 1 aromatic heterocycles. The second-order valence-corrected chi connectivity index (χ2v) is 5.84. The molecule has 0 bridgehead atoms.